The summed E-state index contributed by atoms with van der Waals surface area (Å²) in [5.74, 6) is 1.75. The third kappa shape index (κ3) is 5.26. The fraction of sp³-hybridized carbons (Fsp3) is 0.848. The Balaban J connectivity index is 0.000000146. The first-order valence-corrected chi connectivity index (χ1v) is 22.2. The van der Waals surface area contributed by atoms with Gasteiger partial charge in [-0.1, -0.05) is 27.7 Å². The lowest BCUT2D eigenvalue weighted by Crippen LogP contribution is -2.67. The predicted molar refractivity (Wildman–Crippen MR) is 207 cm³/mol. The number of fused-ring (bicyclic) bond motifs is 10. The van der Waals surface area contributed by atoms with Crippen LogP contribution in [0.1, 0.15) is 130 Å². The Hall–Kier alpha value is -2.11. The van der Waals surface area contributed by atoms with Crippen molar-refractivity contribution in [2.75, 3.05) is 13.2 Å². The number of aliphatic hydroxyl groups is 4. The maximum Gasteiger partial charge on any atom is 0.331 e. The molecule has 8 aliphatic carbocycles. The van der Waals surface area contributed by atoms with Crippen molar-refractivity contribution in [2.45, 2.75) is 160 Å². The summed E-state index contributed by atoms with van der Waals surface area (Å²) in [4.78, 5) is 35.3. The molecule has 17 unspecified atom stereocenters. The van der Waals surface area contributed by atoms with Gasteiger partial charge in [-0.25, -0.2) is 9.59 Å². The smallest absolute Gasteiger partial charge is 0.331 e. The molecule has 10 nitrogen and oxygen atoms in total. The predicted octanol–water partition coefficient (Wildman–Crippen LogP) is 5.32. The van der Waals surface area contributed by atoms with E-state index in [0.717, 1.165) is 81.8 Å². The molecule has 8 fully saturated rings. The summed E-state index contributed by atoms with van der Waals surface area (Å²) in [6, 6.07) is 0.305. The molecular formula is C46H67NO9. The van der Waals surface area contributed by atoms with Crippen molar-refractivity contribution in [1.29, 1.82) is 0 Å². The number of nitrogens with two attached hydrogens (primary N) is 1. The largest absolute Gasteiger partial charge is 0.458 e. The number of hydrogen-bond acceptors (Lipinski definition) is 10. The Bertz CT molecular complexity index is 1730. The van der Waals surface area contributed by atoms with Gasteiger partial charge in [-0.05, 0) is 159 Å². The molecule has 0 bridgehead atoms. The normalized spacial score (nSPS) is 54.4. The number of Topliss-reactive ketones (excluding diaryl/α,β-unsaturated/α-hetero) is 1. The zero-order valence-corrected chi connectivity index (χ0v) is 34.1. The zero-order chi connectivity index (χ0) is 39.8. The zero-order valence-electron chi connectivity index (χ0n) is 34.1. The second-order valence-electron chi connectivity index (χ2n) is 21.5. The molecule has 0 saturated heterocycles. The van der Waals surface area contributed by atoms with Crippen LogP contribution in [0.5, 0.6) is 0 Å². The molecule has 0 aromatic rings. The minimum atomic E-state index is -0.929. The van der Waals surface area contributed by atoms with E-state index in [9.17, 15) is 34.8 Å². The minimum Gasteiger partial charge on any atom is -0.458 e. The van der Waals surface area contributed by atoms with Gasteiger partial charge >= 0.3 is 11.9 Å². The summed E-state index contributed by atoms with van der Waals surface area (Å²) >= 11 is 0. The summed E-state index contributed by atoms with van der Waals surface area (Å²) < 4.78 is 10.3. The van der Waals surface area contributed by atoms with Crippen LogP contribution >= 0.6 is 0 Å². The molecule has 310 valence electrons. The number of ketones is 1. The van der Waals surface area contributed by atoms with Crippen LogP contribution in [0.4, 0.5) is 0 Å². The van der Waals surface area contributed by atoms with Crippen molar-refractivity contribution < 1.29 is 44.3 Å². The lowest BCUT2D eigenvalue weighted by Gasteiger charge is -2.65. The first-order chi connectivity index (χ1) is 26.4. The molecule has 0 aromatic heterocycles. The molecule has 10 heteroatoms. The van der Waals surface area contributed by atoms with Gasteiger partial charge in [0, 0.05) is 41.9 Å². The van der Waals surface area contributed by atoms with Gasteiger partial charge in [0.25, 0.3) is 0 Å². The topological polar surface area (TPSA) is 177 Å². The molecule has 56 heavy (non-hydrogen) atoms. The summed E-state index contributed by atoms with van der Waals surface area (Å²) in [5.41, 5.74) is 5.31. The van der Waals surface area contributed by atoms with E-state index in [2.05, 4.69) is 20.8 Å². The van der Waals surface area contributed by atoms with E-state index >= 15 is 0 Å². The van der Waals surface area contributed by atoms with Crippen LogP contribution in [0.25, 0.3) is 0 Å². The van der Waals surface area contributed by atoms with Gasteiger partial charge in [-0.2, -0.15) is 0 Å². The van der Waals surface area contributed by atoms with E-state index in [1.54, 1.807) is 12.2 Å². The third-order valence-electron chi connectivity index (χ3n) is 20.0. The molecule has 0 amide bonds. The molecule has 0 radical (unpaired) electrons. The highest BCUT2D eigenvalue weighted by atomic mass is 16.5. The SMILES string of the molecule is CC12CCC(=O)CC1CCC1C2CC(O)C2(C)C(C3=CC(=O)OC3)CCC12O.CC12CCC(N)CC1CCC1C2CC(O)C2(C)C(C3=CC(=O)OC3)CCC12O. The van der Waals surface area contributed by atoms with Gasteiger partial charge in [0.05, 0.1) is 23.4 Å². The van der Waals surface area contributed by atoms with Crippen molar-refractivity contribution in [3.05, 3.63) is 23.3 Å². The second-order valence-corrected chi connectivity index (χ2v) is 21.5. The van der Waals surface area contributed by atoms with Gasteiger partial charge in [-0.15, -0.1) is 0 Å². The quantitative estimate of drug-likeness (QED) is 0.231. The number of aliphatic hydroxyl groups excluding tert-OH is 2. The summed E-state index contributed by atoms with van der Waals surface area (Å²) in [6.07, 6.45) is 15.9. The van der Waals surface area contributed by atoms with Gasteiger partial charge in [0.1, 0.15) is 19.0 Å². The molecule has 6 N–H and O–H groups in total. The highest BCUT2D eigenvalue weighted by Gasteiger charge is 2.72. The van der Waals surface area contributed by atoms with Crippen molar-refractivity contribution in [3.63, 3.8) is 0 Å². The Morgan fingerprint density at radius 1 is 0.607 bits per heavy atom. The number of rotatable bonds is 2. The number of cyclic esters (lactones) is 2. The lowest BCUT2D eigenvalue weighted by atomic mass is 9.42. The number of carbonyl (C=O) groups is 3. The van der Waals surface area contributed by atoms with Crippen LogP contribution in [0.2, 0.25) is 0 Å². The molecule has 10 aliphatic rings. The number of esters is 2. The monoisotopic (exact) mass is 777 g/mol. The van der Waals surface area contributed by atoms with Crippen LogP contribution in [0.3, 0.4) is 0 Å². The number of carbonyl (C=O) groups excluding carboxylic acids is 3. The number of hydrogen-bond donors (Lipinski definition) is 5. The third-order valence-corrected chi connectivity index (χ3v) is 20.0. The highest BCUT2D eigenvalue weighted by Crippen LogP contribution is 2.71. The van der Waals surface area contributed by atoms with Crippen molar-refractivity contribution >= 4 is 17.7 Å². The first-order valence-electron chi connectivity index (χ1n) is 22.2. The molecule has 0 spiro atoms. The van der Waals surface area contributed by atoms with Gasteiger partial charge < -0.3 is 35.6 Å². The second kappa shape index (κ2) is 13.2. The van der Waals surface area contributed by atoms with Crippen molar-refractivity contribution in [1.82, 2.24) is 0 Å². The van der Waals surface area contributed by atoms with E-state index in [0.29, 0.717) is 68.3 Å². The molecule has 2 aliphatic heterocycles. The van der Waals surface area contributed by atoms with Crippen LogP contribution in [-0.4, -0.2) is 80.8 Å². The Morgan fingerprint density at radius 3 is 1.57 bits per heavy atom. The Kier molecular flexibility index (Phi) is 9.27. The van der Waals surface area contributed by atoms with Crippen LogP contribution in [0, 0.1) is 69.0 Å². The van der Waals surface area contributed by atoms with Crippen LogP contribution in [0.15, 0.2) is 23.3 Å². The average molecular weight is 778 g/mol. The maximum absolute atomic E-state index is 12.2. The maximum atomic E-state index is 12.2. The van der Waals surface area contributed by atoms with Gasteiger partial charge in [0.2, 0.25) is 0 Å². The molecular weight excluding hydrogens is 711 g/mol. The Labute approximate surface area is 332 Å². The first kappa shape index (κ1) is 39.4. The summed E-state index contributed by atoms with van der Waals surface area (Å²) in [5, 5.41) is 47.1. The summed E-state index contributed by atoms with van der Waals surface area (Å²) in [7, 11) is 0. The molecule has 17 atom stereocenters. The fourth-order valence-corrected chi connectivity index (χ4v) is 16.6. The van der Waals surface area contributed by atoms with E-state index in [-0.39, 0.29) is 59.0 Å². The Morgan fingerprint density at radius 2 is 1.09 bits per heavy atom. The molecule has 8 saturated carbocycles. The summed E-state index contributed by atoms with van der Waals surface area (Å²) in [6.45, 7) is 9.41. The van der Waals surface area contributed by atoms with Gasteiger partial charge in [0.15, 0.2) is 0 Å². The lowest BCUT2D eigenvalue weighted by molar-refractivity contribution is -0.242. The van der Waals surface area contributed by atoms with E-state index < -0.39 is 34.2 Å². The van der Waals surface area contributed by atoms with Crippen LogP contribution in [-0.2, 0) is 23.9 Å². The number of ether oxygens (including phenoxy) is 2. The van der Waals surface area contributed by atoms with Crippen molar-refractivity contribution in [3.8, 4) is 0 Å². The minimum absolute atomic E-state index is 0.0154. The standard InChI is InChI=1S/C23H35NO4.C23H32O5/c2*1-21-7-5-15(24)10-14(21)3-4-17-18(21)11-19(25)22(2)16(6-8-23(17,22)27)13-9-20(26)28-12-13/h9,14-19,25,27H,3-8,10-12,24H2,1-2H3;9,14,16-19,25,27H,3-8,10-12H2,1-2H3. The molecule has 10 rings (SSSR count). The van der Waals surface area contributed by atoms with E-state index in [1.165, 1.54) is 0 Å². The fourth-order valence-electron chi connectivity index (χ4n) is 16.6. The van der Waals surface area contributed by atoms with E-state index in [4.69, 9.17) is 15.2 Å². The van der Waals surface area contributed by atoms with E-state index in [1.807, 2.05) is 6.92 Å². The van der Waals surface area contributed by atoms with Crippen LogP contribution < -0.4 is 5.73 Å². The molecule has 0 aromatic carbocycles. The average Bonchev–Trinajstić information content (AvgIpc) is 3.91. The molecule has 2 heterocycles. The van der Waals surface area contributed by atoms with Crippen molar-refractivity contribution in [2.24, 2.45) is 74.7 Å². The highest BCUT2D eigenvalue weighted by molar-refractivity contribution is 5.86. The van der Waals surface area contributed by atoms with Gasteiger partial charge in [-0.3, -0.25) is 4.79 Å².